The Morgan fingerprint density at radius 3 is 2.42 bits per heavy atom. The lowest BCUT2D eigenvalue weighted by Gasteiger charge is -2.27. The highest BCUT2D eigenvalue weighted by molar-refractivity contribution is 6.11. The van der Waals surface area contributed by atoms with Crippen molar-refractivity contribution in [3.05, 3.63) is 84.2 Å². The van der Waals surface area contributed by atoms with E-state index in [2.05, 4.69) is 114 Å². The fourth-order valence-electron chi connectivity index (χ4n) is 6.96. The maximum atomic E-state index is 12.4. The van der Waals surface area contributed by atoms with Crippen molar-refractivity contribution < 1.29 is 19.4 Å². The summed E-state index contributed by atoms with van der Waals surface area (Å²) in [7, 11) is 2.12. The van der Waals surface area contributed by atoms with Gasteiger partial charge in [-0.05, 0) is 55.8 Å². The maximum absolute atomic E-state index is 12.4. The summed E-state index contributed by atoms with van der Waals surface area (Å²) < 4.78 is 11.2. The van der Waals surface area contributed by atoms with Gasteiger partial charge < -0.3 is 29.0 Å². The Balaban J connectivity index is 1.41. The normalized spacial score (nSPS) is 14.6. The molecule has 1 atom stereocenters. The molecule has 1 unspecified atom stereocenters. The number of fused-ring (bicyclic) bond motifs is 5. The molecule has 1 aliphatic carbocycles. The molecule has 0 bridgehead atoms. The van der Waals surface area contributed by atoms with Crippen LogP contribution in [0.15, 0.2) is 83.3 Å². The van der Waals surface area contributed by atoms with E-state index in [-0.39, 0.29) is 0 Å². The molecule has 8 nitrogen and oxygen atoms in total. The summed E-state index contributed by atoms with van der Waals surface area (Å²) in [4.78, 5) is 16.3. The molecular formula is C37H39N4O4+. The third-order valence-electron chi connectivity index (χ3n) is 9.43. The Bertz CT molecular complexity index is 2100. The summed E-state index contributed by atoms with van der Waals surface area (Å²) >= 11 is 0. The van der Waals surface area contributed by atoms with E-state index in [4.69, 9.17) is 4.42 Å². The number of nitrogens with zero attached hydrogens (tertiary/aromatic N) is 4. The third-order valence-corrected chi connectivity index (χ3v) is 9.43. The molecule has 4 aromatic rings. The lowest BCUT2D eigenvalue weighted by molar-refractivity contribution is -0.142. The summed E-state index contributed by atoms with van der Waals surface area (Å²) in [6, 6.07) is 28.2. The number of anilines is 1. The molecule has 1 aromatic heterocycles. The molecule has 2 N–H and O–H groups in total. The first-order chi connectivity index (χ1) is 21.9. The predicted molar refractivity (Wildman–Crippen MR) is 180 cm³/mol. The molecular weight excluding hydrogens is 564 g/mol. The van der Waals surface area contributed by atoms with Gasteiger partial charge >= 0.3 is 0 Å². The quantitative estimate of drug-likeness (QED) is 0.214. The fraction of sp³-hybridized carbons (Fsp3) is 0.297. The van der Waals surface area contributed by atoms with Gasteiger partial charge in [-0.25, -0.2) is 4.58 Å². The minimum Gasteiger partial charge on any atom is -0.456 e. The number of carbonyl (C=O) groups excluding carboxylic acids is 1. The van der Waals surface area contributed by atoms with Crippen LogP contribution in [0.25, 0.3) is 55.2 Å². The van der Waals surface area contributed by atoms with Crippen LogP contribution >= 0.6 is 0 Å². The molecule has 3 heterocycles. The fourth-order valence-corrected chi connectivity index (χ4v) is 6.96. The van der Waals surface area contributed by atoms with Gasteiger partial charge in [-0.1, -0.05) is 24.3 Å². The summed E-state index contributed by atoms with van der Waals surface area (Å²) in [5.74, 6) is 0.382. The van der Waals surface area contributed by atoms with Crippen molar-refractivity contribution in [2.45, 2.75) is 20.0 Å². The van der Waals surface area contributed by atoms with Crippen molar-refractivity contribution >= 4 is 44.4 Å². The Hall–Kier alpha value is -4.66. The highest BCUT2D eigenvalue weighted by Crippen LogP contribution is 2.42. The third kappa shape index (κ3) is 4.94. The van der Waals surface area contributed by atoms with Crippen LogP contribution in [0.1, 0.15) is 13.8 Å². The van der Waals surface area contributed by atoms with Crippen LogP contribution in [0.3, 0.4) is 0 Å². The molecule has 8 heteroatoms. The molecule has 230 valence electrons. The number of benzene rings is 4. The zero-order valence-corrected chi connectivity index (χ0v) is 26.0. The van der Waals surface area contributed by atoms with E-state index in [1.54, 1.807) is 4.90 Å². The second-order valence-electron chi connectivity index (χ2n) is 11.8. The zero-order valence-electron chi connectivity index (χ0n) is 26.0. The second kappa shape index (κ2) is 11.7. The first-order valence-electron chi connectivity index (χ1n) is 15.8. The van der Waals surface area contributed by atoms with E-state index in [9.17, 15) is 15.0 Å². The monoisotopic (exact) mass is 603 g/mol. The number of aliphatic hydroxyl groups is 2. The van der Waals surface area contributed by atoms with E-state index in [1.165, 1.54) is 21.8 Å². The van der Waals surface area contributed by atoms with Gasteiger partial charge in [-0.3, -0.25) is 4.79 Å². The molecule has 1 amide bonds. The van der Waals surface area contributed by atoms with Crippen molar-refractivity contribution in [2.75, 3.05) is 50.8 Å². The van der Waals surface area contributed by atoms with Crippen molar-refractivity contribution in [3.8, 4) is 22.5 Å². The predicted octanol–water partition coefficient (Wildman–Crippen LogP) is 4.66. The van der Waals surface area contributed by atoms with Crippen LogP contribution in [0.4, 0.5) is 5.69 Å². The standard InChI is InChI=1S/C37H39N4O4/c1-4-39(5-2)25-11-13-28-34(21-25)45-35-22-26(40-16-18-41(19-17-40)37(44)33(43)23-42)12-14-29(35)36(28)24-10-15-32-30(20-24)27-8-6-7-9-31(27)38(32)3/h6-15,20-22,33,42-43H,4-5,16-19,23H2,1-3H3/q+1. The van der Waals surface area contributed by atoms with Crippen molar-refractivity contribution in [1.82, 2.24) is 14.0 Å². The number of hydrogen-bond donors (Lipinski definition) is 2. The minimum absolute atomic E-state index is 0.422. The second-order valence-corrected chi connectivity index (χ2v) is 11.8. The van der Waals surface area contributed by atoms with E-state index in [1.807, 2.05) is 0 Å². The largest absolute Gasteiger partial charge is 0.456 e. The van der Waals surface area contributed by atoms with Crippen molar-refractivity contribution in [2.24, 2.45) is 7.05 Å². The molecule has 1 saturated heterocycles. The number of hydrogen-bond acceptors (Lipinski definition) is 5. The van der Waals surface area contributed by atoms with E-state index in [0.717, 1.165) is 57.6 Å². The highest BCUT2D eigenvalue weighted by atomic mass is 16.3. The van der Waals surface area contributed by atoms with Gasteiger partial charge in [0.05, 0.1) is 25.8 Å². The van der Waals surface area contributed by atoms with Gasteiger partial charge in [-0.15, -0.1) is 0 Å². The van der Waals surface area contributed by atoms with E-state index >= 15 is 0 Å². The topological polar surface area (TPSA) is 85.1 Å². The van der Waals surface area contributed by atoms with Crippen LogP contribution in [-0.4, -0.2) is 77.6 Å². The molecule has 3 aliphatic rings. The van der Waals surface area contributed by atoms with Crippen molar-refractivity contribution in [1.29, 1.82) is 0 Å². The first kappa shape index (κ1) is 29.1. The van der Waals surface area contributed by atoms with E-state index in [0.29, 0.717) is 26.2 Å². The number of aryl methyl sites for hydroxylation is 1. The lowest BCUT2D eigenvalue weighted by atomic mass is 9.92. The highest BCUT2D eigenvalue weighted by Gasteiger charge is 2.28. The molecule has 2 aliphatic heterocycles. The Morgan fingerprint density at radius 1 is 0.911 bits per heavy atom. The van der Waals surface area contributed by atoms with Crippen LogP contribution in [0.5, 0.6) is 0 Å². The van der Waals surface area contributed by atoms with Crippen LogP contribution in [0.2, 0.25) is 0 Å². The van der Waals surface area contributed by atoms with Gasteiger partial charge in [0, 0.05) is 76.3 Å². The van der Waals surface area contributed by atoms with Crippen LogP contribution < -0.4 is 14.8 Å². The number of rotatable bonds is 6. The molecule has 3 aromatic carbocycles. The van der Waals surface area contributed by atoms with Crippen LogP contribution in [0, 0.1) is 0 Å². The number of aliphatic hydroxyl groups excluding tert-OH is 2. The Labute approximate surface area is 262 Å². The molecule has 45 heavy (non-hydrogen) atoms. The maximum Gasteiger partial charge on any atom is 0.254 e. The average molecular weight is 604 g/mol. The zero-order chi connectivity index (χ0) is 31.2. The number of aromatic nitrogens is 1. The Kier molecular flexibility index (Phi) is 7.55. The number of carbonyl (C=O) groups is 1. The van der Waals surface area contributed by atoms with Crippen molar-refractivity contribution in [3.63, 3.8) is 0 Å². The van der Waals surface area contributed by atoms with Gasteiger partial charge in [0.25, 0.3) is 5.91 Å². The molecule has 7 rings (SSSR count). The molecule has 0 saturated carbocycles. The minimum atomic E-state index is -1.36. The number of para-hydroxylation sites is 1. The SMILES string of the molecule is CCN(CC)c1ccc2c(-c3ccc4c(c3)c3ccccc3n4C)c3ccc(=[N+]4CCN(C(=O)C(O)CO)CC4)cc-3oc2c1. The average Bonchev–Trinajstić information content (AvgIpc) is 3.37. The molecule has 1 fully saturated rings. The van der Waals surface area contributed by atoms with Gasteiger partial charge in [-0.2, -0.15) is 0 Å². The summed E-state index contributed by atoms with van der Waals surface area (Å²) in [6.45, 7) is 7.80. The molecule has 0 spiro atoms. The van der Waals surface area contributed by atoms with Crippen LogP contribution in [-0.2, 0) is 11.8 Å². The van der Waals surface area contributed by atoms with E-state index < -0.39 is 18.6 Å². The number of piperazine rings is 1. The summed E-state index contributed by atoms with van der Waals surface area (Å²) in [5.41, 5.74) is 7.71. The first-order valence-corrected chi connectivity index (χ1v) is 15.8. The Morgan fingerprint density at radius 2 is 1.67 bits per heavy atom. The summed E-state index contributed by atoms with van der Waals surface area (Å²) in [6.07, 6.45) is -1.36. The van der Waals surface area contributed by atoms with Gasteiger partial charge in [0.1, 0.15) is 11.3 Å². The summed E-state index contributed by atoms with van der Waals surface area (Å²) in [5, 5.41) is 23.6. The number of amides is 1. The lowest BCUT2D eigenvalue weighted by Crippen LogP contribution is -2.53. The van der Waals surface area contributed by atoms with Gasteiger partial charge in [0.15, 0.2) is 19.2 Å². The van der Waals surface area contributed by atoms with Gasteiger partial charge in [0.2, 0.25) is 5.36 Å². The smallest absolute Gasteiger partial charge is 0.254 e. The molecule has 0 radical (unpaired) electrons.